The van der Waals surface area contributed by atoms with Crippen LogP contribution < -0.4 is 9.47 Å². The van der Waals surface area contributed by atoms with Gasteiger partial charge in [0, 0.05) is 19.0 Å². The quantitative estimate of drug-likeness (QED) is 0.477. The van der Waals surface area contributed by atoms with Crippen molar-refractivity contribution in [1.29, 1.82) is 0 Å². The summed E-state index contributed by atoms with van der Waals surface area (Å²) in [5.41, 5.74) is 7.41. The number of hydrogen-bond acceptors (Lipinski definition) is 4. The Morgan fingerprint density at radius 1 is 0.882 bits per heavy atom. The molecule has 3 aromatic carbocycles. The lowest BCUT2D eigenvalue weighted by molar-refractivity contribution is -0.0713. The first-order valence-electron chi connectivity index (χ1n) is 12.1. The molecule has 0 saturated carbocycles. The molecular weight excluding hydrogens is 429 g/mol. The lowest BCUT2D eigenvalue weighted by Crippen LogP contribution is -2.43. The number of alkyl halides is 1. The first-order valence-corrected chi connectivity index (χ1v) is 12.1. The van der Waals surface area contributed by atoms with Crippen molar-refractivity contribution in [3.8, 4) is 11.5 Å². The summed E-state index contributed by atoms with van der Waals surface area (Å²) < 4.78 is 33.5. The summed E-state index contributed by atoms with van der Waals surface area (Å²) in [7, 11) is 3.28. The Balaban J connectivity index is 1.27. The minimum atomic E-state index is -1.16. The molecule has 2 heterocycles. The number of ether oxygens (including phenoxy) is 3. The van der Waals surface area contributed by atoms with E-state index in [1.807, 2.05) is 17.0 Å². The number of hydrogen-bond donors (Lipinski definition) is 0. The molecule has 4 nitrogen and oxygen atoms in total. The Morgan fingerprint density at radius 3 is 2.26 bits per heavy atom. The normalized spacial score (nSPS) is 24.3. The first kappa shape index (κ1) is 21.6. The van der Waals surface area contributed by atoms with Crippen molar-refractivity contribution >= 4 is 0 Å². The van der Waals surface area contributed by atoms with E-state index in [0.29, 0.717) is 25.3 Å². The molecule has 6 rings (SSSR count). The van der Waals surface area contributed by atoms with Crippen LogP contribution in [0, 0.1) is 0 Å². The molecule has 1 fully saturated rings. The summed E-state index contributed by atoms with van der Waals surface area (Å²) >= 11 is 0. The lowest BCUT2D eigenvalue weighted by atomic mass is 9.87. The molecule has 1 saturated heterocycles. The van der Waals surface area contributed by atoms with Gasteiger partial charge in [-0.15, -0.1) is 0 Å². The summed E-state index contributed by atoms with van der Waals surface area (Å²) in [5, 5.41) is 0. The van der Waals surface area contributed by atoms with Gasteiger partial charge in [-0.1, -0.05) is 48.5 Å². The summed E-state index contributed by atoms with van der Waals surface area (Å²) in [6.07, 6.45) is 0.641. The fourth-order valence-electron chi connectivity index (χ4n) is 6.06. The van der Waals surface area contributed by atoms with Crippen LogP contribution in [0.2, 0.25) is 0 Å². The second-order valence-electron chi connectivity index (χ2n) is 9.58. The van der Waals surface area contributed by atoms with Gasteiger partial charge in [0.1, 0.15) is 6.10 Å². The van der Waals surface area contributed by atoms with Gasteiger partial charge in [0.2, 0.25) is 0 Å². The number of fused-ring (bicyclic) bond motifs is 6. The van der Waals surface area contributed by atoms with Crippen LogP contribution in [-0.4, -0.2) is 38.1 Å². The van der Waals surface area contributed by atoms with E-state index in [1.165, 1.54) is 27.8 Å². The zero-order chi connectivity index (χ0) is 23.2. The summed E-state index contributed by atoms with van der Waals surface area (Å²) in [5.74, 6) is 1.58. The van der Waals surface area contributed by atoms with Gasteiger partial charge in [0.15, 0.2) is 17.8 Å². The predicted octanol–water partition coefficient (Wildman–Crippen LogP) is 5.58. The Labute approximate surface area is 200 Å². The van der Waals surface area contributed by atoms with Crippen LogP contribution in [0.3, 0.4) is 0 Å². The second-order valence-corrected chi connectivity index (χ2v) is 9.58. The number of rotatable bonds is 4. The molecule has 0 N–H and O–H groups in total. The van der Waals surface area contributed by atoms with E-state index < -0.39 is 12.4 Å². The SMILES string of the molecule is COc1cc2c(cc1OC)CN(C(F)C1CC3c4ccccc4Cc4ccccc4C3O1)CC2. The standard InChI is InChI=1S/C29H30FNO3/c1-32-25-14-18-11-12-31(17-21(18)15-26(25)33-2)29(30)27-16-24-22-9-5-3-7-19(22)13-20-8-4-6-10-23(20)28(24)34-27/h3-10,14-15,24,27-29H,11-13,16-17H2,1-2H3. The Bertz CT molecular complexity index is 1160. The zero-order valence-corrected chi connectivity index (χ0v) is 19.7. The van der Waals surface area contributed by atoms with Gasteiger partial charge in [-0.3, -0.25) is 4.90 Å². The fraction of sp³-hybridized carbons (Fsp3) is 0.379. The van der Waals surface area contributed by atoms with Crippen molar-refractivity contribution in [3.63, 3.8) is 0 Å². The average molecular weight is 460 g/mol. The lowest BCUT2D eigenvalue weighted by Gasteiger charge is -2.34. The van der Waals surface area contributed by atoms with Crippen molar-refractivity contribution in [3.05, 3.63) is 94.0 Å². The Morgan fingerprint density at radius 2 is 1.53 bits per heavy atom. The maximum absolute atomic E-state index is 16.1. The fourth-order valence-corrected chi connectivity index (χ4v) is 6.06. The van der Waals surface area contributed by atoms with E-state index in [2.05, 4.69) is 48.5 Å². The van der Waals surface area contributed by atoms with E-state index >= 15 is 4.39 Å². The van der Waals surface area contributed by atoms with Gasteiger partial charge in [-0.25, -0.2) is 4.39 Å². The minimum absolute atomic E-state index is 0.107. The monoisotopic (exact) mass is 459 g/mol. The highest BCUT2D eigenvalue weighted by molar-refractivity contribution is 5.48. The molecule has 2 aliphatic heterocycles. The highest BCUT2D eigenvalue weighted by atomic mass is 19.1. The summed E-state index contributed by atoms with van der Waals surface area (Å²) in [6.45, 7) is 1.20. The van der Waals surface area contributed by atoms with Gasteiger partial charge in [0.25, 0.3) is 0 Å². The third kappa shape index (κ3) is 3.58. The third-order valence-electron chi connectivity index (χ3n) is 7.77. The van der Waals surface area contributed by atoms with Crippen LogP contribution in [-0.2, 0) is 24.1 Å². The van der Waals surface area contributed by atoms with Crippen molar-refractivity contribution < 1.29 is 18.6 Å². The predicted molar refractivity (Wildman–Crippen MR) is 129 cm³/mol. The van der Waals surface area contributed by atoms with Crippen LogP contribution in [0.5, 0.6) is 11.5 Å². The van der Waals surface area contributed by atoms with Crippen LogP contribution in [0.1, 0.15) is 51.8 Å². The maximum atomic E-state index is 16.1. The topological polar surface area (TPSA) is 30.9 Å². The number of benzene rings is 3. The molecule has 0 radical (unpaired) electrons. The molecule has 0 spiro atoms. The maximum Gasteiger partial charge on any atom is 0.180 e. The average Bonchev–Trinajstić information content (AvgIpc) is 3.27. The molecule has 0 bridgehead atoms. The van der Waals surface area contributed by atoms with Crippen molar-refractivity contribution in [2.45, 2.75) is 50.2 Å². The van der Waals surface area contributed by atoms with Crippen LogP contribution in [0.4, 0.5) is 4.39 Å². The Hall–Kier alpha value is -2.89. The number of nitrogens with zero attached hydrogens (tertiary/aromatic N) is 1. The second kappa shape index (κ2) is 8.71. The van der Waals surface area contributed by atoms with Crippen molar-refractivity contribution in [2.24, 2.45) is 0 Å². The van der Waals surface area contributed by atoms with Crippen LogP contribution in [0.15, 0.2) is 60.7 Å². The van der Waals surface area contributed by atoms with Crippen molar-refractivity contribution in [1.82, 2.24) is 4.90 Å². The molecule has 1 aliphatic carbocycles. The molecule has 0 amide bonds. The summed E-state index contributed by atoms with van der Waals surface area (Å²) in [6, 6.07) is 21.1. The van der Waals surface area contributed by atoms with Gasteiger partial charge < -0.3 is 14.2 Å². The number of halogens is 1. The molecule has 0 aromatic heterocycles. The molecule has 3 aliphatic rings. The smallest absolute Gasteiger partial charge is 0.180 e. The van der Waals surface area contributed by atoms with Crippen LogP contribution >= 0.6 is 0 Å². The van der Waals surface area contributed by atoms with Crippen LogP contribution in [0.25, 0.3) is 0 Å². The van der Waals surface area contributed by atoms with Gasteiger partial charge in [0.05, 0.1) is 20.3 Å². The number of methoxy groups -OCH3 is 2. The highest BCUT2D eigenvalue weighted by Gasteiger charge is 2.45. The van der Waals surface area contributed by atoms with Crippen molar-refractivity contribution in [2.75, 3.05) is 20.8 Å². The molecular formula is C29H30FNO3. The minimum Gasteiger partial charge on any atom is -0.493 e. The first-order chi connectivity index (χ1) is 16.7. The zero-order valence-electron chi connectivity index (χ0n) is 19.7. The molecule has 4 atom stereocenters. The van der Waals surface area contributed by atoms with E-state index in [-0.39, 0.29) is 12.0 Å². The van der Waals surface area contributed by atoms with Gasteiger partial charge >= 0.3 is 0 Å². The molecule has 3 aromatic rings. The van der Waals surface area contributed by atoms with E-state index in [9.17, 15) is 0 Å². The molecule has 5 heteroatoms. The van der Waals surface area contributed by atoms with E-state index in [4.69, 9.17) is 14.2 Å². The third-order valence-corrected chi connectivity index (χ3v) is 7.77. The molecule has 34 heavy (non-hydrogen) atoms. The summed E-state index contributed by atoms with van der Waals surface area (Å²) in [4.78, 5) is 1.92. The molecule has 176 valence electrons. The molecule has 4 unspecified atom stereocenters. The largest absolute Gasteiger partial charge is 0.493 e. The van der Waals surface area contributed by atoms with Gasteiger partial charge in [-0.2, -0.15) is 0 Å². The Kier molecular flexibility index (Phi) is 5.54. The van der Waals surface area contributed by atoms with Gasteiger partial charge in [-0.05, 0) is 64.8 Å². The highest BCUT2D eigenvalue weighted by Crippen LogP contribution is 2.50. The van der Waals surface area contributed by atoms with E-state index in [0.717, 1.165) is 24.2 Å². The van der Waals surface area contributed by atoms with E-state index in [1.54, 1.807) is 14.2 Å².